The molecule has 0 bridgehead atoms. The van der Waals surface area contributed by atoms with Gasteiger partial charge in [-0.25, -0.2) is 4.98 Å². The monoisotopic (exact) mass is 296 g/mol. The molecular weight excluding hydrogens is 268 g/mol. The third kappa shape index (κ3) is 3.60. The Kier molecular flexibility index (Phi) is 4.88. The van der Waals surface area contributed by atoms with Gasteiger partial charge in [0, 0.05) is 29.5 Å². The lowest BCUT2D eigenvalue weighted by atomic mass is 9.98. The molecule has 3 nitrogen and oxygen atoms in total. The molecule has 0 saturated heterocycles. The van der Waals surface area contributed by atoms with E-state index in [2.05, 4.69) is 39.9 Å². The van der Waals surface area contributed by atoms with Crippen LogP contribution in [0.25, 0.3) is 0 Å². The van der Waals surface area contributed by atoms with E-state index < -0.39 is 0 Å². The van der Waals surface area contributed by atoms with Crippen molar-refractivity contribution in [3.05, 3.63) is 15.6 Å². The fourth-order valence-corrected chi connectivity index (χ4v) is 4.00. The molecule has 3 atom stereocenters. The number of aryl methyl sites for hydroxylation is 1. The van der Waals surface area contributed by atoms with Crippen LogP contribution in [0.15, 0.2) is 0 Å². The topological polar surface area (TPSA) is 34.1 Å². The van der Waals surface area contributed by atoms with Gasteiger partial charge in [-0.15, -0.1) is 11.3 Å². The lowest BCUT2D eigenvalue weighted by Gasteiger charge is -2.19. The summed E-state index contributed by atoms with van der Waals surface area (Å²) < 4.78 is 5.45. The van der Waals surface area contributed by atoms with Gasteiger partial charge in [-0.3, -0.25) is 0 Å². The summed E-state index contributed by atoms with van der Waals surface area (Å²) in [5.41, 5.74) is 1.32. The van der Waals surface area contributed by atoms with Gasteiger partial charge >= 0.3 is 0 Å². The Balaban J connectivity index is 2.03. The third-order valence-electron chi connectivity index (χ3n) is 4.07. The molecule has 114 valence electrons. The number of hydrogen-bond acceptors (Lipinski definition) is 4. The molecule has 0 aliphatic heterocycles. The van der Waals surface area contributed by atoms with E-state index in [1.54, 1.807) is 0 Å². The van der Waals surface area contributed by atoms with Gasteiger partial charge in [0.15, 0.2) is 0 Å². The van der Waals surface area contributed by atoms with Crippen molar-refractivity contribution in [1.29, 1.82) is 0 Å². The molecule has 1 aromatic rings. The lowest BCUT2D eigenvalue weighted by Crippen LogP contribution is -2.29. The second-order valence-electron chi connectivity index (χ2n) is 6.97. The molecule has 0 radical (unpaired) electrons. The zero-order valence-corrected chi connectivity index (χ0v) is 14.4. The number of thiazole rings is 1. The maximum absolute atomic E-state index is 5.45. The van der Waals surface area contributed by atoms with E-state index >= 15 is 0 Å². The predicted octanol–water partition coefficient (Wildman–Crippen LogP) is 3.97. The summed E-state index contributed by atoms with van der Waals surface area (Å²) in [6.07, 6.45) is 3.96. The van der Waals surface area contributed by atoms with Crippen LogP contribution >= 0.6 is 11.3 Å². The number of nitrogens with one attached hydrogen (secondary N) is 1. The van der Waals surface area contributed by atoms with Crippen LogP contribution in [0, 0.1) is 6.92 Å². The molecule has 0 aromatic carbocycles. The van der Waals surface area contributed by atoms with Crippen molar-refractivity contribution >= 4 is 11.3 Å². The first kappa shape index (κ1) is 15.9. The summed E-state index contributed by atoms with van der Waals surface area (Å²) >= 11 is 1.86. The van der Waals surface area contributed by atoms with Gasteiger partial charge in [-0.1, -0.05) is 20.8 Å². The lowest BCUT2D eigenvalue weighted by molar-refractivity contribution is 0.106. The highest BCUT2D eigenvalue weighted by molar-refractivity contribution is 7.12. The van der Waals surface area contributed by atoms with Crippen molar-refractivity contribution in [2.75, 3.05) is 7.11 Å². The summed E-state index contributed by atoms with van der Waals surface area (Å²) in [5, 5.41) is 4.99. The number of nitrogens with zero attached hydrogens (tertiary/aromatic N) is 1. The molecule has 20 heavy (non-hydrogen) atoms. The molecule has 2 rings (SSSR count). The van der Waals surface area contributed by atoms with E-state index in [0.29, 0.717) is 18.2 Å². The van der Waals surface area contributed by atoms with Crippen LogP contribution in [-0.2, 0) is 10.2 Å². The molecule has 4 heteroatoms. The van der Waals surface area contributed by atoms with Crippen LogP contribution in [-0.4, -0.2) is 24.2 Å². The molecule has 1 aliphatic carbocycles. The van der Waals surface area contributed by atoms with Gasteiger partial charge in [-0.2, -0.15) is 0 Å². The minimum atomic E-state index is 0.141. The average molecular weight is 296 g/mol. The quantitative estimate of drug-likeness (QED) is 0.913. The molecular formula is C16H28N2OS. The Morgan fingerprint density at radius 1 is 1.35 bits per heavy atom. The smallest absolute Gasteiger partial charge is 0.0985 e. The number of hydrogen-bond donors (Lipinski definition) is 1. The molecule has 3 unspecified atom stereocenters. The molecule has 1 N–H and O–H groups in total. The van der Waals surface area contributed by atoms with Gasteiger partial charge in [0.05, 0.1) is 16.8 Å². The standard InChI is InChI=1S/C16H28N2OS/c1-10(17-12-7-8-13(9-12)19-6)14-11(2)18-15(20-14)16(3,4)5/h10,12-13,17H,7-9H2,1-6H3. The highest BCUT2D eigenvalue weighted by Crippen LogP contribution is 2.33. The minimum absolute atomic E-state index is 0.141. The average Bonchev–Trinajstić information content (AvgIpc) is 2.94. The molecule has 1 fully saturated rings. The normalized spacial score (nSPS) is 25.1. The second-order valence-corrected chi connectivity index (χ2v) is 8.01. The molecule has 1 aromatic heterocycles. The highest BCUT2D eigenvalue weighted by Gasteiger charge is 2.27. The molecule has 1 heterocycles. The summed E-state index contributed by atoms with van der Waals surface area (Å²) in [6, 6.07) is 0.957. The van der Waals surface area contributed by atoms with Gasteiger partial charge in [0.25, 0.3) is 0 Å². The van der Waals surface area contributed by atoms with E-state index in [1.807, 2.05) is 18.4 Å². The van der Waals surface area contributed by atoms with Crippen LogP contribution < -0.4 is 5.32 Å². The van der Waals surface area contributed by atoms with Crippen molar-refractivity contribution in [3.63, 3.8) is 0 Å². The fraction of sp³-hybridized carbons (Fsp3) is 0.812. The zero-order valence-electron chi connectivity index (χ0n) is 13.6. The summed E-state index contributed by atoms with van der Waals surface area (Å²) in [5.74, 6) is 0. The first-order valence-corrected chi connectivity index (χ1v) is 8.39. The Labute approximate surface area is 127 Å². The van der Waals surface area contributed by atoms with Crippen molar-refractivity contribution in [2.24, 2.45) is 0 Å². The van der Waals surface area contributed by atoms with Crippen molar-refractivity contribution < 1.29 is 4.74 Å². The predicted molar refractivity (Wildman–Crippen MR) is 85.5 cm³/mol. The zero-order chi connectivity index (χ0) is 14.9. The van der Waals surface area contributed by atoms with Crippen LogP contribution in [0.5, 0.6) is 0 Å². The second kappa shape index (κ2) is 6.12. The number of ether oxygens (including phenoxy) is 1. The van der Waals surface area contributed by atoms with E-state index in [4.69, 9.17) is 9.72 Å². The van der Waals surface area contributed by atoms with E-state index in [1.165, 1.54) is 28.4 Å². The molecule has 0 spiro atoms. The summed E-state index contributed by atoms with van der Waals surface area (Å²) in [6.45, 7) is 11.1. The van der Waals surface area contributed by atoms with Gasteiger partial charge in [-0.05, 0) is 33.1 Å². The maximum Gasteiger partial charge on any atom is 0.0985 e. The molecule has 0 amide bonds. The number of rotatable bonds is 4. The van der Waals surface area contributed by atoms with E-state index in [0.717, 1.165) is 6.42 Å². The first-order chi connectivity index (χ1) is 9.31. The Morgan fingerprint density at radius 2 is 2.05 bits per heavy atom. The SMILES string of the molecule is COC1CCC(NC(C)c2sc(C(C)(C)C)nc2C)C1. The Hall–Kier alpha value is -0.450. The van der Waals surface area contributed by atoms with Crippen molar-refractivity contribution in [1.82, 2.24) is 10.3 Å². The van der Waals surface area contributed by atoms with Crippen LogP contribution in [0.2, 0.25) is 0 Å². The maximum atomic E-state index is 5.45. The molecule has 1 saturated carbocycles. The van der Waals surface area contributed by atoms with Crippen LogP contribution in [0.4, 0.5) is 0 Å². The molecule has 1 aliphatic rings. The van der Waals surface area contributed by atoms with Gasteiger partial charge in [0.1, 0.15) is 0 Å². The third-order valence-corrected chi connectivity index (χ3v) is 5.84. The van der Waals surface area contributed by atoms with Gasteiger partial charge < -0.3 is 10.1 Å². The highest BCUT2D eigenvalue weighted by atomic mass is 32.1. The minimum Gasteiger partial charge on any atom is -0.381 e. The van der Waals surface area contributed by atoms with Gasteiger partial charge in [0.2, 0.25) is 0 Å². The Bertz CT molecular complexity index is 450. The van der Waals surface area contributed by atoms with E-state index in [-0.39, 0.29) is 5.41 Å². The fourth-order valence-electron chi connectivity index (χ4n) is 2.87. The van der Waals surface area contributed by atoms with Crippen LogP contribution in [0.1, 0.15) is 68.6 Å². The largest absolute Gasteiger partial charge is 0.381 e. The number of aromatic nitrogens is 1. The number of methoxy groups -OCH3 is 1. The van der Waals surface area contributed by atoms with Crippen LogP contribution in [0.3, 0.4) is 0 Å². The van der Waals surface area contributed by atoms with E-state index in [9.17, 15) is 0 Å². The van der Waals surface area contributed by atoms with Crippen molar-refractivity contribution in [2.45, 2.75) is 77.5 Å². The van der Waals surface area contributed by atoms with Crippen molar-refractivity contribution in [3.8, 4) is 0 Å². The summed E-state index contributed by atoms with van der Waals surface area (Å²) in [4.78, 5) is 6.15. The summed E-state index contributed by atoms with van der Waals surface area (Å²) in [7, 11) is 1.82. The Morgan fingerprint density at radius 3 is 2.55 bits per heavy atom. The first-order valence-electron chi connectivity index (χ1n) is 7.58.